The van der Waals surface area contributed by atoms with E-state index < -0.39 is 6.10 Å². The van der Waals surface area contributed by atoms with Crippen molar-refractivity contribution in [1.82, 2.24) is 4.90 Å². The Kier molecular flexibility index (Phi) is 11.3. The molecule has 0 aliphatic heterocycles. The third-order valence-electron chi connectivity index (χ3n) is 7.14. The topological polar surface area (TPSA) is 38.8 Å². The molecule has 6 heteroatoms. The highest BCUT2D eigenvalue weighted by molar-refractivity contribution is 6.30. The fourth-order valence-corrected chi connectivity index (χ4v) is 4.91. The van der Waals surface area contributed by atoms with Gasteiger partial charge in [-0.3, -0.25) is 4.79 Å². The van der Waals surface area contributed by atoms with Crippen LogP contribution in [-0.4, -0.2) is 43.5 Å². The third kappa shape index (κ3) is 9.64. The molecule has 4 aromatic rings. The minimum Gasteiger partial charge on any atom is -0.486 e. The Morgan fingerprint density at radius 1 is 0.780 bits per heavy atom. The Labute approximate surface area is 253 Å². The monoisotopic (exact) mass is 589 g/mol. The van der Waals surface area contributed by atoms with E-state index in [2.05, 4.69) is 48.3 Å². The Morgan fingerprint density at radius 3 is 1.88 bits per heavy atom. The second-order valence-electron chi connectivity index (χ2n) is 10.5. The van der Waals surface area contributed by atoms with Crippen LogP contribution in [0.5, 0.6) is 11.5 Å². The zero-order valence-electron chi connectivity index (χ0n) is 23.9. The molecule has 0 aliphatic rings. The molecule has 1 atom stereocenters. The zero-order valence-corrected chi connectivity index (χ0v) is 25.4. The largest absolute Gasteiger partial charge is 0.486 e. The molecule has 0 fully saturated rings. The van der Waals surface area contributed by atoms with Gasteiger partial charge in [-0.15, -0.1) is 0 Å². The predicted octanol–water partition coefficient (Wildman–Crippen LogP) is 8.41. The summed E-state index contributed by atoms with van der Waals surface area (Å²) in [6.07, 6.45) is 1.39. The summed E-state index contributed by atoms with van der Waals surface area (Å²) in [5.41, 5.74) is 4.84. The quantitative estimate of drug-likeness (QED) is 0.148. The van der Waals surface area contributed by atoms with Gasteiger partial charge in [-0.05, 0) is 106 Å². The van der Waals surface area contributed by atoms with Gasteiger partial charge in [0.05, 0.1) is 0 Å². The lowest BCUT2D eigenvalue weighted by Gasteiger charge is -2.25. The molecule has 0 amide bonds. The SMILES string of the molecule is Cc1ccc(OCC(=O)C(C)Oc2ccc(CCCN(C)CC(c3ccc(Cl)cc3)c3ccc(Cl)cc3)cc2)cc1. The van der Waals surface area contributed by atoms with Gasteiger partial charge >= 0.3 is 0 Å². The molecule has 0 bridgehead atoms. The molecule has 0 radical (unpaired) electrons. The fraction of sp³-hybridized carbons (Fsp3) is 0.286. The van der Waals surface area contributed by atoms with Crippen molar-refractivity contribution in [2.75, 3.05) is 26.7 Å². The molecule has 0 aliphatic carbocycles. The van der Waals surface area contributed by atoms with Crippen LogP contribution in [0.2, 0.25) is 10.0 Å². The van der Waals surface area contributed by atoms with E-state index in [1.165, 1.54) is 16.7 Å². The van der Waals surface area contributed by atoms with Crippen LogP contribution in [0.15, 0.2) is 97.1 Å². The number of halogens is 2. The van der Waals surface area contributed by atoms with E-state index in [0.717, 1.165) is 41.5 Å². The Hall–Kier alpha value is -3.31. The van der Waals surface area contributed by atoms with Crippen LogP contribution in [0, 0.1) is 6.92 Å². The molecule has 0 N–H and O–H groups in total. The van der Waals surface area contributed by atoms with Gasteiger partial charge in [-0.25, -0.2) is 0 Å². The minimum atomic E-state index is -0.589. The first kappa shape index (κ1) is 30.6. The van der Waals surface area contributed by atoms with E-state index in [-0.39, 0.29) is 18.3 Å². The number of carbonyl (C=O) groups is 1. The van der Waals surface area contributed by atoms with Gasteiger partial charge in [-0.1, -0.05) is 77.3 Å². The molecule has 0 saturated carbocycles. The summed E-state index contributed by atoms with van der Waals surface area (Å²) < 4.78 is 11.5. The van der Waals surface area contributed by atoms with E-state index in [1.54, 1.807) is 6.92 Å². The van der Waals surface area contributed by atoms with Crippen LogP contribution in [0.4, 0.5) is 0 Å². The highest BCUT2D eigenvalue weighted by Crippen LogP contribution is 2.28. The van der Waals surface area contributed by atoms with Gasteiger partial charge in [0.25, 0.3) is 0 Å². The number of ketones is 1. The lowest BCUT2D eigenvalue weighted by atomic mass is 9.91. The van der Waals surface area contributed by atoms with Crippen LogP contribution in [-0.2, 0) is 11.2 Å². The third-order valence-corrected chi connectivity index (χ3v) is 7.64. The summed E-state index contributed by atoms with van der Waals surface area (Å²) in [6, 6.07) is 31.8. The minimum absolute atomic E-state index is 0.0211. The first-order valence-corrected chi connectivity index (χ1v) is 14.7. The highest BCUT2D eigenvalue weighted by atomic mass is 35.5. The van der Waals surface area contributed by atoms with Gasteiger partial charge in [-0.2, -0.15) is 0 Å². The van der Waals surface area contributed by atoms with Crippen molar-refractivity contribution >= 4 is 29.0 Å². The number of rotatable bonds is 14. The number of Topliss-reactive ketones (excluding diaryl/α,β-unsaturated/α-hetero) is 1. The van der Waals surface area contributed by atoms with Gasteiger partial charge in [0, 0.05) is 22.5 Å². The molecule has 4 rings (SSSR count). The number of benzene rings is 4. The van der Waals surface area contributed by atoms with Gasteiger partial charge in [0.15, 0.2) is 12.7 Å². The van der Waals surface area contributed by atoms with Gasteiger partial charge < -0.3 is 14.4 Å². The second kappa shape index (κ2) is 15.1. The lowest BCUT2D eigenvalue weighted by Crippen LogP contribution is -2.28. The first-order valence-electron chi connectivity index (χ1n) is 13.9. The van der Waals surface area contributed by atoms with E-state index in [1.807, 2.05) is 67.6 Å². The summed E-state index contributed by atoms with van der Waals surface area (Å²) in [7, 11) is 2.16. The van der Waals surface area contributed by atoms with Gasteiger partial charge in [0.2, 0.25) is 5.78 Å². The highest BCUT2D eigenvalue weighted by Gasteiger charge is 2.18. The van der Waals surface area contributed by atoms with Crippen molar-refractivity contribution in [2.24, 2.45) is 0 Å². The average Bonchev–Trinajstić information content (AvgIpc) is 2.97. The summed E-state index contributed by atoms with van der Waals surface area (Å²) in [5, 5.41) is 1.48. The Bertz CT molecular complexity index is 1330. The molecule has 1 unspecified atom stereocenters. The smallest absolute Gasteiger partial charge is 0.210 e. The van der Waals surface area contributed by atoms with Gasteiger partial charge in [0.1, 0.15) is 11.5 Å². The molecular formula is C35H37Cl2NO3. The van der Waals surface area contributed by atoms with Crippen molar-refractivity contribution in [3.05, 3.63) is 129 Å². The molecule has 4 nitrogen and oxygen atoms in total. The molecule has 0 spiro atoms. The molecular weight excluding hydrogens is 553 g/mol. The normalized spacial score (nSPS) is 12.0. The van der Waals surface area contributed by atoms with E-state index >= 15 is 0 Å². The molecule has 214 valence electrons. The van der Waals surface area contributed by atoms with Crippen LogP contribution in [0.1, 0.15) is 41.5 Å². The Morgan fingerprint density at radius 2 is 1.32 bits per heavy atom. The maximum atomic E-state index is 12.5. The summed E-state index contributed by atoms with van der Waals surface area (Å²) in [4.78, 5) is 14.9. The summed E-state index contributed by atoms with van der Waals surface area (Å²) >= 11 is 12.3. The van der Waals surface area contributed by atoms with Crippen LogP contribution < -0.4 is 9.47 Å². The molecule has 0 aromatic heterocycles. The first-order chi connectivity index (χ1) is 19.8. The predicted molar refractivity (Wildman–Crippen MR) is 169 cm³/mol. The second-order valence-corrected chi connectivity index (χ2v) is 11.4. The van der Waals surface area contributed by atoms with Crippen LogP contribution in [0.25, 0.3) is 0 Å². The fourth-order valence-electron chi connectivity index (χ4n) is 4.66. The van der Waals surface area contributed by atoms with Crippen molar-refractivity contribution in [3.63, 3.8) is 0 Å². The Balaban J connectivity index is 1.24. The molecule has 0 saturated heterocycles. The number of hydrogen-bond donors (Lipinski definition) is 0. The number of ether oxygens (including phenoxy) is 2. The van der Waals surface area contributed by atoms with E-state index in [4.69, 9.17) is 32.7 Å². The average molecular weight is 591 g/mol. The molecule has 4 aromatic carbocycles. The summed E-state index contributed by atoms with van der Waals surface area (Å²) in [6.45, 7) is 5.59. The molecule has 0 heterocycles. The number of carbonyl (C=O) groups excluding carboxylic acids is 1. The van der Waals surface area contributed by atoms with Crippen molar-refractivity contribution in [1.29, 1.82) is 0 Å². The number of hydrogen-bond acceptors (Lipinski definition) is 4. The van der Waals surface area contributed by atoms with Crippen LogP contribution >= 0.6 is 23.2 Å². The number of nitrogens with zero attached hydrogens (tertiary/aromatic N) is 1. The standard InChI is InChI=1S/C35H37Cl2NO3/c1-25-6-18-32(19-7-25)40-24-35(39)26(2)41-33-20-8-27(9-21-33)5-4-22-38(3)23-34(28-10-14-30(36)15-11-28)29-12-16-31(37)17-13-29/h6-21,26,34H,4-5,22-24H2,1-3H3. The lowest BCUT2D eigenvalue weighted by molar-refractivity contribution is -0.127. The van der Waals surface area contributed by atoms with Crippen LogP contribution in [0.3, 0.4) is 0 Å². The number of aryl methyl sites for hydroxylation is 2. The number of likely N-dealkylation sites (N-methyl/N-ethyl adjacent to an activating group) is 1. The summed E-state index contributed by atoms with van der Waals surface area (Å²) in [5.74, 6) is 1.47. The maximum absolute atomic E-state index is 12.5. The van der Waals surface area contributed by atoms with Crippen molar-refractivity contribution in [3.8, 4) is 11.5 Å². The van der Waals surface area contributed by atoms with E-state index in [9.17, 15) is 4.79 Å². The molecule has 41 heavy (non-hydrogen) atoms. The van der Waals surface area contributed by atoms with E-state index in [0.29, 0.717) is 11.5 Å². The van der Waals surface area contributed by atoms with Crippen molar-refractivity contribution < 1.29 is 14.3 Å². The maximum Gasteiger partial charge on any atom is 0.210 e. The zero-order chi connectivity index (χ0) is 29.2. The van der Waals surface area contributed by atoms with Crippen molar-refractivity contribution in [2.45, 2.75) is 38.7 Å².